The molecule has 1 aliphatic rings. The average molecular weight is 332 g/mol. The van der Waals surface area contributed by atoms with Gasteiger partial charge in [0.05, 0.1) is 12.2 Å². The van der Waals surface area contributed by atoms with E-state index < -0.39 is 6.09 Å². The van der Waals surface area contributed by atoms with E-state index in [4.69, 9.17) is 10.5 Å². The van der Waals surface area contributed by atoms with Crippen molar-refractivity contribution in [3.63, 3.8) is 0 Å². The molecule has 1 heterocycles. The van der Waals surface area contributed by atoms with E-state index >= 15 is 0 Å². The van der Waals surface area contributed by atoms with Crippen LogP contribution in [0.15, 0.2) is 47.4 Å². The first kappa shape index (κ1) is 15.8. The van der Waals surface area contributed by atoms with Crippen LogP contribution >= 0.6 is 11.8 Å². The molecule has 23 heavy (non-hydrogen) atoms. The Labute approximate surface area is 138 Å². The monoisotopic (exact) mass is 332 g/mol. The van der Waals surface area contributed by atoms with Crippen molar-refractivity contribution in [1.29, 1.82) is 0 Å². The number of nitrogens with zero attached hydrogens (tertiary/aromatic N) is 1. The summed E-state index contributed by atoms with van der Waals surface area (Å²) < 4.78 is 19.6. The highest BCUT2D eigenvalue weighted by atomic mass is 32.2. The number of cyclic esters (lactones) is 1. The van der Waals surface area contributed by atoms with Gasteiger partial charge in [-0.25, -0.2) is 9.18 Å². The molecule has 0 aliphatic carbocycles. The maximum atomic E-state index is 14.5. The van der Waals surface area contributed by atoms with Crippen molar-refractivity contribution in [2.24, 2.45) is 5.73 Å². The van der Waals surface area contributed by atoms with E-state index in [9.17, 15) is 9.18 Å². The molecular weight excluding hydrogens is 315 g/mol. The Bertz CT molecular complexity index is 721. The van der Waals surface area contributed by atoms with Crippen molar-refractivity contribution in [2.45, 2.75) is 11.0 Å². The summed E-state index contributed by atoms with van der Waals surface area (Å²) in [5.74, 6) is -0.372. The smallest absolute Gasteiger partial charge is 0.414 e. The van der Waals surface area contributed by atoms with Crippen LogP contribution in [0.2, 0.25) is 0 Å². The summed E-state index contributed by atoms with van der Waals surface area (Å²) in [7, 11) is 0. The van der Waals surface area contributed by atoms with Gasteiger partial charge in [0.15, 0.2) is 0 Å². The highest BCUT2D eigenvalue weighted by molar-refractivity contribution is 7.98. The Morgan fingerprint density at radius 3 is 2.61 bits per heavy atom. The van der Waals surface area contributed by atoms with E-state index in [1.165, 1.54) is 11.0 Å². The lowest BCUT2D eigenvalue weighted by Crippen LogP contribution is -2.27. The number of benzene rings is 2. The van der Waals surface area contributed by atoms with Crippen molar-refractivity contribution in [3.8, 4) is 11.1 Å². The molecule has 6 heteroatoms. The lowest BCUT2D eigenvalue weighted by atomic mass is 10.0. The standard InChI is InChI=1S/C17H17FN2O2S/c1-23-14-5-2-11(3-6-14)15-7-4-12(8-16(15)18)20-10-13(9-19)22-17(20)21/h2-8,13H,9-10,19H2,1H3. The number of hydrogen-bond donors (Lipinski definition) is 1. The summed E-state index contributed by atoms with van der Waals surface area (Å²) >= 11 is 1.64. The van der Waals surface area contributed by atoms with Gasteiger partial charge in [0.2, 0.25) is 0 Å². The van der Waals surface area contributed by atoms with Gasteiger partial charge >= 0.3 is 6.09 Å². The molecule has 2 N–H and O–H groups in total. The van der Waals surface area contributed by atoms with Crippen molar-refractivity contribution in [3.05, 3.63) is 48.3 Å². The predicted octanol–water partition coefficient (Wildman–Crippen LogP) is 3.50. The minimum absolute atomic E-state index is 0.255. The van der Waals surface area contributed by atoms with Crippen LogP contribution in [0.4, 0.5) is 14.9 Å². The van der Waals surface area contributed by atoms with Crippen LogP contribution in [0.1, 0.15) is 0 Å². The molecule has 0 aromatic heterocycles. The Morgan fingerprint density at radius 1 is 1.30 bits per heavy atom. The predicted molar refractivity (Wildman–Crippen MR) is 90.3 cm³/mol. The number of nitrogens with two attached hydrogens (primary N) is 1. The second-order valence-corrected chi connectivity index (χ2v) is 6.12. The van der Waals surface area contributed by atoms with Gasteiger partial charge in [-0.1, -0.05) is 12.1 Å². The second kappa shape index (κ2) is 6.60. The van der Waals surface area contributed by atoms with Gasteiger partial charge in [-0.15, -0.1) is 11.8 Å². The minimum Gasteiger partial charge on any atom is -0.443 e. The molecule has 1 atom stereocenters. The number of anilines is 1. The largest absolute Gasteiger partial charge is 0.443 e. The third kappa shape index (κ3) is 3.18. The summed E-state index contributed by atoms with van der Waals surface area (Å²) in [5.41, 5.74) is 7.30. The number of ether oxygens (including phenoxy) is 1. The molecule has 0 saturated carbocycles. The van der Waals surface area contributed by atoms with Gasteiger partial charge in [0, 0.05) is 17.0 Å². The number of carbonyl (C=O) groups excluding carboxylic acids is 1. The summed E-state index contributed by atoms with van der Waals surface area (Å²) in [6.07, 6.45) is 1.16. The van der Waals surface area contributed by atoms with Crippen LogP contribution in [-0.2, 0) is 4.74 Å². The Balaban J connectivity index is 1.87. The van der Waals surface area contributed by atoms with E-state index in [1.807, 2.05) is 30.5 Å². The first-order valence-electron chi connectivity index (χ1n) is 7.24. The lowest BCUT2D eigenvalue weighted by molar-refractivity contribution is 0.145. The fraction of sp³-hybridized carbons (Fsp3) is 0.235. The normalized spacial score (nSPS) is 17.4. The van der Waals surface area contributed by atoms with E-state index in [1.54, 1.807) is 23.9 Å². The maximum Gasteiger partial charge on any atom is 0.414 e. The van der Waals surface area contributed by atoms with Gasteiger partial charge in [-0.05, 0) is 42.2 Å². The third-order valence-corrected chi connectivity index (χ3v) is 4.55. The fourth-order valence-corrected chi connectivity index (χ4v) is 2.94. The van der Waals surface area contributed by atoms with Gasteiger partial charge in [-0.2, -0.15) is 0 Å². The molecule has 120 valence electrons. The number of halogens is 1. The van der Waals surface area contributed by atoms with E-state index in [-0.39, 0.29) is 18.5 Å². The topological polar surface area (TPSA) is 55.6 Å². The molecule has 2 aromatic rings. The third-order valence-electron chi connectivity index (χ3n) is 3.80. The van der Waals surface area contributed by atoms with Gasteiger partial charge in [0.25, 0.3) is 0 Å². The lowest BCUT2D eigenvalue weighted by Gasteiger charge is -2.14. The van der Waals surface area contributed by atoms with E-state index in [0.717, 1.165) is 10.5 Å². The zero-order chi connectivity index (χ0) is 16.4. The first-order valence-corrected chi connectivity index (χ1v) is 8.47. The van der Waals surface area contributed by atoms with Crippen molar-refractivity contribution in [1.82, 2.24) is 0 Å². The van der Waals surface area contributed by atoms with Gasteiger partial charge in [0.1, 0.15) is 11.9 Å². The van der Waals surface area contributed by atoms with Crippen molar-refractivity contribution < 1.29 is 13.9 Å². The number of rotatable bonds is 4. The molecule has 0 bridgehead atoms. The van der Waals surface area contributed by atoms with Crippen molar-refractivity contribution >= 4 is 23.5 Å². The molecule has 1 fully saturated rings. The summed E-state index contributed by atoms with van der Waals surface area (Å²) in [6.45, 7) is 0.598. The molecule has 3 rings (SSSR count). The molecular formula is C17H17FN2O2S. The van der Waals surface area contributed by atoms with Crippen LogP contribution in [0.25, 0.3) is 11.1 Å². The molecule has 1 aliphatic heterocycles. The molecule has 4 nitrogen and oxygen atoms in total. The maximum absolute atomic E-state index is 14.5. The van der Waals surface area contributed by atoms with Crippen LogP contribution in [0.5, 0.6) is 0 Å². The van der Waals surface area contributed by atoms with Gasteiger partial charge < -0.3 is 10.5 Å². The number of thioether (sulfide) groups is 1. The van der Waals surface area contributed by atoms with E-state index in [0.29, 0.717) is 17.8 Å². The van der Waals surface area contributed by atoms with Gasteiger partial charge in [-0.3, -0.25) is 4.90 Å². The quantitative estimate of drug-likeness (QED) is 0.871. The molecule has 2 aromatic carbocycles. The van der Waals surface area contributed by atoms with Crippen LogP contribution in [0, 0.1) is 5.82 Å². The Kier molecular flexibility index (Phi) is 4.54. The SMILES string of the molecule is CSc1ccc(-c2ccc(N3CC(CN)OC3=O)cc2F)cc1. The fourth-order valence-electron chi connectivity index (χ4n) is 2.53. The molecule has 1 unspecified atom stereocenters. The number of hydrogen-bond acceptors (Lipinski definition) is 4. The molecule has 0 radical (unpaired) electrons. The average Bonchev–Trinajstić information content (AvgIpc) is 2.96. The molecule has 0 spiro atoms. The van der Waals surface area contributed by atoms with Crippen LogP contribution in [0.3, 0.4) is 0 Å². The highest BCUT2D eigenvalue weighted by Gasteiger charge is 2.31. The van der Waals surface area contributed by atoms with Crippen molar-refractivity contribution in [2.75, 3.05) is 24.2 Å². The van der Waals surface area contributed by atoms with Crippen LogP contribution < -0.4 is 10.6 Å². The minimum atomic E-state index is -0.489. The zero-order valence-corrected chi connectivity index (χ0v) is 13.5. The summed E-state index contributed by atoms with van der Waals surface area (Å²) in [6, 6.07) is 12.5. The molecule has 1 saturated heterocycles. The summed E-state index contributed by atoms with van der Waals surface area (Å²) in [5, 5.41) is 0. The van der Waals surface area contributed by atoms with E-state index in [2.05, 4.69) is 0 Å². The Morgan fingerprint density at radius 2 is 2.04 bits per heavy atom. The Hall–Kier alpha value is -2.05. The number of carbonyl (C=O) groups is 1. The molecule has 1 amide bonds. The van der Waals surface area contributed by atoms with Crippen LogP contribution in [-0.4, -0.2) is 31.5 Å². The second-order valence-electron chi connectivity index (χ2n) is 5.24. The highest BCUT2D eigenvalue weighted by Crippen LogP contribution is 2.30. The first-order chi connectivity index (χ1) is 11.1. The zero-order valence-electron chi connectivity index (χ0n) is 12.7. The number of amides is 1. The summed E-state index contributed by atoms with van der Waals surface area (Å²) in [4.78, 5) is 14.3.